The fraction of sp³-hybridized carbons (Fsp3) is 0.250. The number of ether oxygens (including phenoxy) is 1. The Kier molecular flexibility index (Phi) is 4.69. The zero-order valence-corrected chi connectivity index (χ0v) is 11.3. The molecule has 2 nitrogen and oxygen atoms in total. The fourth-order valence-electron chi connectivity index (χ4n) is 2.07. The molecule has 2 aromatic carbocycles. The van der Waals surface area contributed by atoms with Crippen LogP contribution in [0.2, 0.25) is 0 Å². The highest BCUT2D eigenvalue weighted by atomic mass is 19.1. The standard InChI is InChI=1S/C16H17F2NO/c1-20-15-5-2-11(3-6-15)4-7-16(19)12-8-13(17)10-14(18)9-12/h2-3,5-6,8-10,16H,4,7,19H2,1H3. The van der Waals surface area contributed by atoms with Gasteiger partial charge in [0, 0.05) is 12.1 Å². The van der Waals surface area contributed by atoms with E-state index in [0.29, 0.717) is 12.0 Å². The van der Waals surface area contributed by atoms with Crippen molar-refractivity contribution in [3.63, 3.8) is 0 Å². The molecule has 2 aromatic rings. The van der Waals surface area contributed by atoms with Crippen molar-refractivity contribution in [2.24, 2.45) is 5.73 Å². The second-order valence-corrected chi connectivity index (χ2v) is 4.70. The van der Waals surface area contributed by atoms with Crippen molar-refractivity contribution in [1.29, 1.82) is 0 Å². The molecule has 106 valence electrons. The van der Waals surface area contributed by atoms with Crippen LogP contribution in [0.4, 0.5) is 8.78 Å². The van der Waals surface area contributed by atoms with E-state index < -0.39 is 11.6 Å². The molecule has 2 rings (SSSR count). The number of aryl methyl sites for hydroxylation is 1. The van der Waals surface area contributed by atoms with E-state index in [1.807, 2.05) is 24.3 Å². The highest BCUT2D eigenvalue weighted by Crippen LogP contribution is 2.20. The minimum atomic E-state index is -0.597. The SMILES string of the molecule is COc1ccc(CCC(N)c2cc(F)cc(F)c2)cc1. The molecule has 1 atom stereocenters. The summed E-state index contributed by atoms with van der Waals surface area (Å²) in [5.41, 5.74) is 7.57. The van der Waals surface area contributed by atoms with Gasteiger partial charge >= 0.3 is 0 Å². The highest BCUT2D eigenvalue weighted by Gasteiger charge is 2.09. The third-order valence-electron chi connectivity index (χ3n) is 3.22. The lowest BCUT2D eigenvalue weighted by Gasteiger charge is -2.12. The van der Waals surface area contributed by atoms with E-state index in [2.05, 4.69) is 0 Å². The van der Waals surface area contributed by atoms with Crippen LogP contribution in [-0.4, -0.2) is 7.11 Å². The van der Waals surface area contributed by atoms with Crippen molar-refractivity contribution < 1.29 is 13.5 Å². The maximum absolute atomic E-state index is 13.1. The quantitative estimate of drug-likeness (QED) is 0.906. The van der Waals surface area contributed by atoms with Crippen LogP contribution in [0.25, 0.3) is 0 Å². The van der Waals surface area contributed by atoms with Crippen LogP contribution in [0.5, 0.6) is 5.75 Å². The zero-order chi connectivity index (χ0) is 14.5. The molecule has 4 heteroatoms. The summed E-state index contributed by atoms with van der Waals surface area (Å²) in [5.74, 6) is -0.398. The van der Waals surface area contributed by atoms with E-state index in [9.17, 15) is 8.78 Å². The predicted molar refractivity (Wildman–Crippen MR) is 74.6 cm³/mol. The van der Waals surface area contributed by atoms with Crippen molar-refractivity contribution in [1.82, 2.24) is 0 Å². The normalized spacial score (nSPS) is 12.2. The van der Waals surface area contributed by atoms with E-state index in [1.54, 1.807) is 7.11 Å². The molecule has 0 aliphatic rings. The van der Waals surface area contributed by atoms with Gasteiger partial charge in [-0.15, -0.1) is 0 Å². The summed E-state index contributed by atoms with van der Waals surface area (Å²) in [7, 11) is 1.61. The van der Waals surface area contributed by atoms with Gasteiger partial charge < -0.3 is 10.5 Å². The molecule has 2 N–H and O–H groups in total. The molecule has 0 aromatic heterocycles. The second kappa shape index (κ2) is 6.48. The lowest BCUT2D eigenvalue weighted by Crippen LogP contribution is -2.12. The van der Waals surface area contributed by atoms with Gasteiger partial charge in [0.05, 0.1) is 7.11 Å². The van der Waals surface area contributed by atoms with E-state index in [-0.39, 0.29) is 6.04 Å². The van der Waals surface area contributed by atoms with Crippen molar-refractivity contribution in [2.45, 2.75) is 18.9 Å². The van der Waals surface area contributed by atoms with E-state index in [4.69, 9.17) is 10.5 Å². The Labute approximate surface area is 117 Å². The molecule has 20 heavy (non-hydrogen) atoms. The van der Waals surface area contributed by atoms with Gasteiger partial charge in [-0.2, -0.15) is 0 Å². The summed E-state index contributed by atoms with van der Waals surface area (Å²) in [5, 5.41) is 0. The first-order valence-electron chi connectivity index (χ1n) is 6.43. The summed E-state index contributed by atoms with van der Waals surface area (Å²) >= 11 is 0. The van der Waals surface area contributed by atoms with Gasteiger partial charge in [-0.05, 0) is 48.2 Å². The molecule has 0 aliphatic heterocycles. The largest absolute Gasteiger partial charge is 0.497 e. The van der Waals surface area contributed by atoms with E-state index in [0.717, 1.165) is 23.8 Å². The van der Waals surface area contributed by atoms with Crippen LogP contribution in [0.3, 0.4) is 0 Å². The molecular weight excluding hydrogens is 260 g/mol. The highest BCUT2D eigenvalue weighted by molar-refractivity contribution is 5.28. The van der Waals surface area contributed by atoms with Crippen molar-refractivity contribution in [2.75, 3.05) is 7.11 Å². The number of hydrogen-bond donors (Lipinski definition) is 1. The summed E-state index contributed by atoms with van der Waals surface area (Å²) in [4.78, 5) is 0. The molecule has 1 unspecified atom stereocenters. The first kappa shape index (κ1) is 14.5. The van der Waals surface area contributed by atoms with Crippen molar-refractivity contribution >= 4 is 0 Å². The lowest BCUT2D eigenvalue weighted by molar-refractivity contribution is 0.414. The Hall–Kier alpha value is -1.94. The minimum absolute atomic E-state index is 0.387. The summed E-state index contributed by atoms with van der Waals surface area (Å²) in [6, 6.07) is 10.7. The number of hydrogen-bond acceptors (Lipinski definition) is 2. The molecule has 0 aliphatic carbocycles. The average molecular weight is 277 g/mol. The molecule has 0 saturated carbocycles. The molecule has 0 radical (unpaired) electrons. The topological polar surface area (TPSA) is 35.2 Å². The summed E-state index contributed by atoms with van der Waals surface area (Å²) in [6.45, 7) is 0. The van der Waals surface area contributed by atoms with Crippen LogP contribution in [0.1, 0.15) is 23.6 Å². The number of rotatable bonds is 5. The van der Waals surface area contributed by atoms with Crippen molar-refractivity contribution in [3.8, 4) is 5.75 Å². The number of halogens is 2. The minimum Gasteiger partial charge on any atom is -0.497 e. The van der Waals surface area contributed by atoms with E-state index >= 15 is 0 Å². The van der Waals surface area contributed by atoms with Crippen LogP contribution in [0.15, 0.2) is 42.5 Å². The molecule has 0 amide bonds. The third-order valence-corrected chi connectivity index (χ3v) is 3.22. The molecule has 0 bridgehead atoms. The Morgan fingerprint density at radius 2 is 1.65 bits per heavy atom. The maximum atomic E-state index is 13.1. The van der Waals surface area contributed by atoms with Crippen LogP contribution >= 0.6 is 0 Å². The first-order chi connectivity index (χ1) is 9.58. The van der Waals surface area contributed by atoms with Gasteiger partial charge in [-0.1, -0.05) is 12.1 Å². The summed E-state index contributed by atoms with van der Waals surface area (Å²) in [6.07, 6.45) is 1.36. The van der Waals surface area contributed by atoms with Gasteiger partial charge in [-0.25, -0.2) is 8.78 Å². The zero-order valence-electron chi connectivity index (χ0n) is 11.3. The lowest BCUT2D eigenvalue weighted by atomic mass is 9.99. The summed E-state index contributed by atoms with van der Waals surface area (Å²) < 4.78 is 31.3. The molecule has 0 heterocycles. The number of nitrogens with two attached hydrogens (primary N) is 1. The number of methoxy groups -OCH3 is 1. The Morgan fingerprint density at radius 1 is 1.05 bits per heavy atom. The first-order valence-corrected chi connectivity index (χ1v) is 6.43. The molecule has 0 spiro atoms. The van der Waals surface area contributed by atoms with Gasteiger partial charge in [0.1, 0.15) is 17.4 Å². The fourth-order valence-corrected chi connectivity index (χ4v) is 2.07. The molecule has 0 saturated heterocycles. The van der Waals surface area contributed by atoms with Crippen molar-refractivity contribution in [3.05, 3.63) is 65.2 Å². The smallest absolute Gasteiger partial charge is 0.126 e. The van der Waals surface area contributed by atoms with Crippen LogP contribution in [-0.2, 0) is 6.42 Å². The van der Waals surface area contributed by atoms with Gasteiger partial charge in [0.15, 0.2) is 0 Å². The van der Waals surface area contributed by atoms with E-state index in [1.165, 1.54) is 12.1 Å². The Balaban J connectivity index is 1.98. The predicted octanol–water partition coefficient (Wildman–Crippen LogP) is 3.61. The second-order valence-electron chi connectivity index (χ2n) is 4.70. The molecular formula is C16H17F2NO. The maximum Gasteiger partial charge on any atom is 0.126 e. The van der Waals surface area contributed by atoms with Crippen LogP contribution < -0.4 is 10.5 Å². The monoisotopic (exact) mass is 277 g/mol. The van der Waals surface area contributed by atoms with Gasteiger partial charge in [0.25, 0.3) is 0 Å². The Bertz CT molecular complexity index is 549. The number of benzene rings is 2. The molecule has 0 fully saturated rings. The van der Waals surface area contributed by atoms with Crippen LogP contribution in [0, 0.1) is 11.6 Å². The van der Waals surface area contributed by atoms with Gasteiger partial charge in [0.2, 0.25) is 0 Å². The third kappa shape index (κ3) is 3.78. The van der Waals surface area contributed by atoms with Gasteiger partial charge in [-0.3, -0.25) is 0 Å². The Morgan fingerprint density at radius 3 is 2.20 bits per heavy atom. The average Bonchev–Trinajstić information content (AvgIpc) is 2.44.